The lowest BCUT2D eigenvalue weighted by Crippen LogP contribution is -2.59. The van der Waals surface area contributed by atoms with Crippen molar-refractivity contribution in [2.24, 2.45) is 11.8 Å². The summed E-state index contributed by atoms with van der Waals surface area (Å²) in [6.07, 6.45) is 3.49. The Bertz CT molecular complexity index is 1340. The molecule has 1 aromatic carbocycles. The standard InChI is InChI=1S/C29H33ClFN5O2/c1-3-20-26(22-6-4-5-7-32-22)27(20)28(37)34-25-14-18-13-23(21(30)12-19(18)15-33-25)35-8-10-36(11-9-35)29(2)17-38-16-24(29)31/h4-7,12-15,20,24,26-27H,3,8-11,16-17H2,1-2H3,(H,33,34,37)/t20?,24-,26?,27?,29+/m1/s1. The third kappa shape index (κ3) is 4.52. The molecule has 6 rings (SSSR count). The summed E-state index contributed by atoms with van der Waals surface area (Å²) < 4.78 is 19.9. The van der Waals surface area contributed by atoms with Gasteiger partial charge < -0.3 is 15.0 Å². The Balaban J connectivity index is 1.16. The number of pyridine rings is 2. The average Bonchev–Trinajstić information content (AvgIpc) is 3.58. The van der Waals surface area contributed by atoms with Crippen LogP contribution < -0.4 is 10.2 Å². The molecule has 38 heavy (non-hydrogen) atoms. The van der Waals surface area contributed by atoms with Gasteiger partial charge in [-0.15, -0.1) is 0 Å². The van der Waals surface area contributed by atoms with Gasteiger partial charge in [-0.25, -0.2) is 9.37 Å². The molecule has 0 radical (unpaired) electrons. The third-order valence-electron chi connectivity index (χ3n) is 8.69. The van der Waals surface area contributed by atoms with Crippen LogP contribution in [0.4, 0.5) is 15.9 Å². The van der Waals surface area contributed by atoms with Crippen molar-refractivity contribution in [3.8, 4) is 0 Å². The van der Waals surface area contributed by atoms with Crippen LogP contribution >= 0.6 is 11.6 Å². The highest BCUT2D eigenvalue weighted by molar-refractivity contribution is 6.34. The summed E-state index contributed by atoms with van der Waals surface area (Å²) in [5.41, 5.74) is 1.35. The molecule has 0 spiro atoms. The number of piperazine rings is 1. The highest BCUT2D eigenvalue weighted by Crippen LogP contribution is 2.55. The molecule has 2 aliphatic heterocycles. The molecule has 2 saturated heterocycles. The average molecular weight is 538 g/mol. The number of anilines is 2. The summed E-state index contributed by atoms with van der Waals surface area (Å²) in [6, 6.07) is 11.8. The number of nitrogens with one attached hydrogen (secondary N) is 1. The molecule has 1 saturated carbocycles. The van der Waals surface area contributed by atoms with E-state index >= 15 is 0 Å². The van der Waals surface area contributed by atoms with E-state index in [2.05, 4.69) is 38.1 Å². The number of rotatable bonds is 6. The first-order valence-electron chi connectivity index (χ1n) is 13.4. The summed E-state index contributed by atoms with van der Waals surface area (Å²) in [7, 11) is 0. The van der Waals surface area contributed by atoms with Crippen molar-refractivity contribution in [3.05, 3.63) is 59.5 Å². The predicted octanol–water partition coefficient (Wildman–Crippen LogP) is 4.91. The van der Waals surface area contributed by atoms with Gasteiger partial charge in [0.15, 0.2) is 0 Å². The van der Waals surface area contributed by atoms with Crippen LogP contribution in [0.25, 0.3) is 10.8 Å². The molecule has 9 heteroatoms. The zero-order valence-electron chi connectivity index (χ0n) is 21.7. The molecule has 4 heterocycles. The molecule has 1 aliphatic carbocycles. The van der Waals surface area contributed by atoms with E-state index in [4.69, 9.17) is 16.3 Å². The number of hydrogen-bond acceptors (Lipinski definition) is 6. The summed E-state index contributed by atoms with van der Waals surface area (Å²) in [6.45, 7) is 7.64. The smallest absolute Gasteiger partial charge is 0.229 e. The molecule has 7 nitrogen and oxygen atoms in total. The van der Waals surface area contributed by atoms with Crippen LogP contribution in [0.2, 0.25) is 5.02 Å². The van der Waals surface area contributed by atoms with E-state index < -0.39 is 11.7 Å². The topological polar surface area (TPSA) is 70.6 Å². The number of benzene rings is 1. The van der Waals surface area contributed by atoms with E-state index in [1.54, 1.807) is 12.4 Å². The van der Waals surface area contributed by atoms with E-state index in [0.29, 0.717) is 23.4 Å². The molecule has 3 aromatic rings. The molecule has 0 bridgehead atoms. The van der Waals surface area contributed by atoms with Gasteiger partial charge in [-0.1, -0.05) is 31.0 Å². The second-order valence-electron chi connectivity index (χ2n) is 10.9. The maximum Gasteiger partial charge on any atom is 0.229 e. The van der Waals surface area contributed by atoms with E-state index in [-0.39, 0.29) is 24.3 Å². The van der Waals surface area contributed by atoms with Gasteiger partial charge in [-0.3, -0.25) is 14.7 Å². The number of fused-ring (bicyclic) bond motifs is 1. The van der Waals surface area contributed by atoms with Gasteiger partial charge >= 0.3 is 0 Å². The first-order chi connectivity index (χ1) is 18.4. The molecule has 1 N–H and O–H groups in total. The lowest BCUT2D eigenvalue weighted by molar-refractivity contribution is -0.117. The number of hydrogen-bond donors (Lipinski definition) is 1. The Labute approximate surface area is 227 Å². The van der Waals surface area contributed by atoms with Crippen LogP contribution in [0.15, 0.2) is 48.8 Å². The van der Waals surface area contributed by atoms with Crippen molar-refractivity contribution in [1.82, 2.24) is 14.9 Å². The van der Waals surface area contributed by atoms with Crippen LogP contribution in [0.5, 0.6) is 0 Å². The molecule has 3 unspecified atom stereocenters. The zero-order chi connectivity index (χ0) is 26.4. The minimum Gasteiger partial charge on any atom is -0.376 e. The Kier molecular flexibility index (Phi) is 6.74. The number of nitrogens with zero attached hydrogens (tertiary/aromatic N) is 4. The minimum atomic E-state index is -0.970. The van der Waals surface area contributed by atoms with Crippen molar-refractivity contribution in [2.75, 3.05) is 49.6 Å². The number of alkyl halides is 1. The lowest BCUT2D eigenvalue weighted by Gasteiger charge is -2.44. The second-order valence-corrected chi connectivity index (χ2v) is 11.3. The Morgan fingerprint density at radius 2 is 2.00 bits per heavy atom. The fraction of sp³-hybridized carbons (Fsp3) is 0.483. The lowest BCUT2D eigenvalue weighted by atomic mass is 9.96. The van der Waals surface area contributed by atoms with Crippen LogP contribution in [0.3, 0.4) is 0 Å². The number of halogens is 2. The van der Waals surface area contributed by atoms with Crippen molar-refractivity contribution in [3.63, 3.8) is 0 Å². The summed E-state index contributed by atoms with van der Waals surface area (Å²) in [4.78, 5) is 26.6. The van der Waals surface area contributed by atoms with Gasteiger partial charge in [-0.05, 0) is 48.6 Å². The van der Waals surface area contributed by atoms with Gasteiger partial charge in [0.05, 0.1) is 35.4 Å². The van der Waals surface area contributed by atoms with Gasteiger partial charge in [0, 0.05) is 55.6 Å². The van der Waals surface area contributed by atoms with Crippen LogP contribution in [-0.2, 0) is 9.53 Å². The molecule has 200 valence electrons. The summed E-state index contributed by atoms with van der Waals surface area (Å²) in [5, 5.41) is 5.57. The van der Waals surface area contributed by atoms with Crippen molar-refractivity contribution < 1.29 is 13.9 Å². The number of carbonyl (C=O) groups excluding carboxylic acids is 1. The molecule has 3 aliphatic rings. The Morgan fingerprint density at radius 1 is 1.18 bits per heavy atom. The van der Waals surface area contributed by atoms with E-state index in [1.165, 1.54) is 0 Å². The third-order valence-corrected chi connectivity index (χ3v) is 8.99. The number of aromatic nitrogens is 2. The van der Waals surface area contributed by atoms with E-state index in [9.17, 15) is 9.18 Å². The van der Waals surface area contributed by atoms with Gasteiger partial charge in [0.25, 0.3) is 0 Å². The number of ether oxygens (including phenoxy) is 1. The summed E-state index contributed by atoms with van der Waals surface area (Å²) in [5.74, 6) is 0.864. The van der Waals surface area contributed by atoms with Crippen molar-refractivity contribution in [2.45, 2.75) is 37.9 Å². The molecule has 2 aromatic heterocycles. The molecule has 3 fully saturated rings. The van der Waals surface area contributed by atoms with Crippen LogP contribution in [0.1, 0.15) is 31.9 Å². The van der Waals surface area contributed by atoms with Crippen molar-refractivity contribution >= 4 is 39.8 Å². The van der Waals surface area contributed by atoms with Gasteiger partial charge in [0.1, 0.15) is 12.0 Å². The zero-order valence-corrected chi connectivity index (χ0v) is 22.5. The predicted molar refractivity (Wildman–Crippen MR) is 148 cm³/mol. The van der Waals surface area contributed by atoms with Crippen molar-refractivity contribution in [1.29, 1.82) is 0 Å². The maximum atomic E-state index is 14.5. The number of amides is 1. The maximum absolute atomic E-state index is 14.5. The number of carbonyl (C=O) groups is 1. The normalized spacial score (nSPS) is 29.5. The Hall–Kier alpha value is -2.81. The van der Waals surface area contributed by atoms with Gasteiger partial charge in [-0.2, -0.15) is 0 Å². The van der Waals surface area contributed by atoms with Crippen LogP contribution in [0, 0.1) is 11.8 Å². The molecule has 5 atom stereocenters. The summed E-state index contributed by atoms with van der Waals surface area (Å²) >= 11 is 6.69. The molecular weight excluding hydrogens is 505 g/mol. The van der Waals surface area contributed by atoms with E-state index in [0.717, 1.165) is 54.8 Å². The monoisotopic (exact) mass is 537 g/mol. The van der Waals surface area contributed by atoms with E-state index in [1.807, 2.05) is 37.3 Å². The quantitative estimate of drug-likeness (QED) is 0.482. The Morgan fingerprint density at radius 3 is 2.68 bits per heavy atom. The minimum absolute atomic E-state index is 0.0137. The fourth-order valence-corrected chi connectivity index (χ4v) is 6.57. The van der Waals surface area contributed by atoms with Gasteiger partial charge in [0.2, 0.25) is 5.91 Å². The first-order valence-corrected chi connectivity index (χ1v) is 13.8. The van der Waals surface area contributed by atoms with Crippen LogP contribution in [-0.4, -0.2) is 71.9 Å². The largest absolute Gasteiger partial charge is 0.376 e. The highest BCUT2D eigenvalue weighted by atomic mass is 35.5. The SMILES string of the molecule is CCC1C(C(=O)Nc2cc3cc(N4CCN([C@@]5(C)COC[C@H]5F)CC4)c(Cl)cc3cn2)C1c1ccccn1. The molecule has 1 amide bonds. The highest BCUT2D eigenvalue weighted by Gasteiger charge is 2.55. The fourth-order valence-electron chi connectivity index (χ4n) is 6.28. The first kappa shape index (κ1) is 25.5. The molecular formula is C29H33ClFN5O2. The second kappa shape index (κ2) is 10.1.